The summed E-state index contributed by atoms with van der Waals surface area (Å²) in [5.41, 5.74) is 8.27. The van der Waals surface area contributed by atoms with Gasteiger partial charge in [0.1, 0.15) is 0 Å². The molecule has 2 nitrogen and oxygen atoms in total. The third kappa shape index (κ3) is 2.68. The van der Waals surface area contributed by atoms with Crippen LogP contribution >= 0.6 is 31.9 Å². The van der Waals surface area contributed by atoms with Gasteiger partial charge in [0.15, 0.2) is 0 Å². The minimum atomic E-state index is 0.718. The largest absolute Gasteiger partial charge is 0.398 e. The molecule has 0 radical (unpaired) electrons. The second-order valence-corrected chi connectivity index (χ2v) is 9.07. The van der Waals surface area contributed by atoms with Crippen molar-refractivity contribution in [1.29, 1.82) is 0 Å². The molecule has 0 aromatic heterocycles. The predicted octanol–water partition coefficient (Wildman–Crippen LogP) is 4.71. The van der Waals surface area contributed by atoms with Crippen LogP contribution in [0.5, 0.6) is 0 Å². The van der Waals surface area contributed by atoms with Crippen molar-refractivity contribution >= 4 is 37.5 Å². The third-order valence-electron chi connectivity index (χ3n) is 5.93. The Morgan fingerprint density at radius 1 is 1.00 bits per heavy atom. The Kier molecular flexibility index (Phi) is 3.83. The molecule has 1 aromatic rings. The average Bonchev–Trinajstić information content (AvgIpc) is 2.42. The van der Waals surface area contributed by atoms with Gasteiger partial charge in [-0.25, -0.2) is 0 Å². The molecule has 0 heterocycles. The molecule has 4 fully saturated rings. The number of halogens is 2. The van der Waals surface area contributed by atoms with E-state index < -0.39 is 0 Å². The molecule has 0 atom stereocenters. The fraction of sp³-hybridized carbons (Fsp3) is 0.647. The van der Waals surface area contributed by atoms with Gasteiger partial charge in [-0.05, 0) is 89.4 Å². The van der Waals surface area contributed by atoms with Crippen LogP contribution in [0.2, 0.25) is 0 Å². The summed E-state index contributed by atoms with van der Waals surface area (Å²) in [4.78, 5) is 0. The van der Waals surface area contributed by atoms with Gasteiger partial charge in [-0.3, -0.25) is 0 Å². The quantitative estimate of drug-likeness (QED) is 0.704. The topological polar surface area (TPSA) is 38.0 Å². The zero-order valence-electron chi connectivity index (χ0n) is 12.1. The molecular formula is C17H22Br2N2. The Morgan fingerprint density at radius 2 is 1.62 bits per heavy atom. The molecule has 114 valence electrons. The van der Waals surface area contributed by atoms with E-state index in [1.807, 2.05) is 6.07 Å². The fourth-order valence-corrected chi connectivity index (χ4v) is 6.58. The van der Waals surface area contributed by atoms with Gasteiger partial charge in [-0.1, -0.05) is 15.9 Å². The van der Waals surface area contributed by atoms with Crippen LogP contribution in [0.4, 0.5) is 5.69 Å². The van der Waals surface area contributed by atoms with Gasteiger partial charge in [0.2, 0.25) is 0 Å². The van der Waals surface area contributed by atoms with Crippen molar-refractivity contribution in [2.45, 2.75) is 44.7 Å². The smallest absolute Gasteiger partial charge is 0.0504 e. The van der Waals surface area contributed by atoms with Gasteiger partial charge in [0.25, 0.3) is 0 Å². The second-order valence-electron chi connectivity index (χ2n) is 7.30. The van der Waals surface area contributed by atoms with E-state index in [-0.39, 0.29) is 0 Å². The van der Waals surface area contributed by atoms with Crippen LogP contribution < -0.4 is 11.1 Å². The summed E-state index contributed by atoms with van der Waals surface area (Å²) in [5, 5.41) is 3.85. The van der Waals surface area contributed by atoms with Crippen molar-refractivity contribution in [3.63, 3.8) is 0 Å². The molecule has 1 aromatic carbocycles. The first kappa shape index (κ1) is 14.5. The molecule has 4 aliphatic rings. The number of nitrogens with two attached hydrogens (primary N) is 1. The summed E-state index contributed by atoms with van der Waals surface area (Å²) >= 11 is 7.10. The lowest BCUT2D eigenvalue weighted by Crippen LogP contribution is -2.54. The summed E-state index contributed by atoms with van der Waals surface area (Å²) < 4.78 is 2.07. The van der Waals surface area contributed by atoms with Crippen LogP contribution in [0.1, 0.15) is 37.7 Å². The van der Waals surface area contributed by atoms with Crippen LogP contribution in [-0.4, -0.2) is 6.04 Å². The van der Waals surface area contributed by atoms with Crippen LogP contribution in [-0.2, 0) is 6.54 Å². The Bertz CT molecular complexity index is 530. The van der Waals surface area contributed by atoms with Crippen molar-refractivity contribution in [3.8, 4) is 0 Å². The third-order valence-corrected chi connectivity index (χ3v) is 7.05. The maximum Gasteiger partial charge on any atom is 0.0504 e. The summed E-state index contributed by atoms with van der Waals surface area (Å²) in [6.45, 7) is 0.886. The molecule has 0 spiro atoms. The zero-order chi connectivity index (χ0) is 14.6. The Labute approximate surface area is 143 Å². The number of anilines is 1. The molecule has 0 unspecified atom stereocenters. The van der Waals surface area contributed by atoms with E-state index in [9.17, 15) is 0 Å². The van der Waals surface area contributed by atoms with Crippen molar-refractivity contribution in [1.82, 2.24) is 5.32 Å². The SMILES string of the molecule is Nc1c(Br)cc(Br)cc1CNC1C2CC3CC(C2)CC1C3. The minimum absolute atomic E-state index is 0.718. The number of hydrogen-bond donors (Lipinski definition) is 2. The van der Waals surface area contributed by atoms with Crippen molar-refractivity contribution in [2.75, 3.05) is 5.73 Å². The monoisotopic (exact) mass is 412 g/mol. The molecule has 0 saturated heterocycles. The lowest BCUT2D eigenvalue weighted by molar-refractivity contribution is -0.0142. The van der Waals surface area contributed by atoms with E-state index in [1.54, 1.807) is 0 Å². The van der Waals surface area contributed by atoms with Gasteiger partial charge in [-0.2, -0.15) is 0 Å². The number of hydrogen-bond acceptors (Lipinski definition) is 2. The molecular weight excluding hydrogens is 392 g/mol. The van der Waals surface area contributed by atoms with Gasteiger partial charge in [0.05, 0.1) is 5.69 Å². The highest BCUT2D eigenvalue weighted by Crippen LogP contribution is 2.53. The Balaban J connectivity index is 1.48. The van der Waals surface area contributed by atoms with Gasteiger partial charge in [0, 0.05) is 21.5 Å². The van der Waals surface area contributed by atoms with E-state index >= 15 is 0 Å². The molecule has 4 bridgehead atoms. The molecule has 21 heavy (non-hydrogen) atoms. The predicted molar refractivity (Wildman–Crippen MR) is 93.9 cm³/mol. The van der Waals surface area contributed by atoms with E-state index in [0.29, 0.717) is 0 Å². The summed E-state index contributed by atoms with van der Waals surface area (Å²) in [7, 11) is 0. The normalized spacial score (nSPS) is 37.1. The first-order chi connectivity index (χ1) is 10.1. The lowest BCUT2D eigenvalue weighted by Gasteiger charge is -2.54. The fourth-order valence-electron chi connectivity index (χ4n) is 5.27. The van der Waals surface area contributed by atoms with Crippen LogP contribution in [0.15, 0.2) is 21.1 Å². The van der Waals surface area contributed by atoms with E-state index in [4.69, 9.17) is 5.73 Å². The highest BCUT2D eigenvalue weighted by atomic mass is 79.9. The molecule has 5 rings (SSSR count). The van der Waals surface area contributed by atoms with Crippen molar-refractivity contribution in [3.05, 3.63) is 26.6 Å². The van der Waals surface area contributed by atoms with Crippen LogP contribution in [0, 0.1) is 23.7 Å². The first-order valence-electron chi connectivity index (χ1n) is 8.07. The molecule has 4 saturated carbocycles. The number of nitrogen functional groups attached to an aromatic ring is 1. The highest BCUT2D eigenvalue weighted by molar-refractivity contribution is 9.11. The standard InChI is InChI=1S/C17H22Br2N2/c18-14-6-13(16(20)15(19)7-14)8-21-17-11-2-9-1-10(4-11)5-12(17)3-9/h6-7,9-12,17,21H,1-5,8,20H2. The van der Waals surface area contributed by atoms with Gasteiger partial charge < -0.3 is 11.1 Å². The number of benzene rings is 1. The maximum absolute atomic E-state index is 6.20. The summed E-state index contributed by atoms with van der Waals surface area (Å²) in [6.07, 6.45) is 7.36. The number of nitrogens with one attached hydrogen (secondary N) is 1. The van der Waals surface area contributed by atoms with E-state index in [0.717, 1.165) is 50.9 Å². The lowest BCUT2D eigenvalue weighted by atomic mass is 9.54. The van der Waals surface area contributed by atoms with Crippen LogP contribution in [0.3, 0.4) is 0 Å². The highest BCUT2D eigenvalue weighted by Gasteiger charge is 2.47. The van der Waals surface area contributed by atoms with E-state index in [2.05, 4.69) is 43.2 Å². The minimum Gasteiger partial charge on any atom is -0.398 e. The van der Waals surface area contributed by atoms with Gasteiger partial charge in [-0.15, -0.1) is 0 Å². The summed E-state index contributed by atoms with van der Waals surface area (Å²) in [6, 6.07) is 4.88. The summed E-state index contributed by atoms with van der Waals surface area (Å²) in [5.74, 6) is 3.91. The molecule has 0 aliphatic heterocycles. The van der Waals surface area contributed by atoms with E-state index in [1.165, 1.54) is 37.7 Å². The second kappa shape index (κ2) is 5.54. The van der Waals surface area contributed by atoms with Crippen molar-refractivity contribution < 1.29 is 0 Å². The maximum atomic E-state index is 6.20. The molecule has 4 aliphatic carbocycles. The Morgan fingerprint density at radius 3 is 2.24 bits per heavy atom. The van der Waals surface area contributed by atoms with Crippen LogP contribution in [0.25, 0.3) is 0 Å². The average molecular weight is 414 g/mol. The first-order valence-corrected chi connectivity index (χ1v) is 9.65. The van der Waals surface area contributed by atoms with Crippen molar-refractivity contribution in [2.24, 2.45) is 23.7 Å². The molecule has 3 N–H and O–H groups in total. The van der Waals surface area contributed by atoms with Gasteiger partial charge >= 0.3 is 0 Å². The molecule has 0 amide bonds. The number of rotatable bonds is 3. The Hall–Kier alpha value is -0.0600. The zero-order valence-corrected chi connectivity index (χ0v) is 15.3. The molecule has 4 heteroatoms.